The predicted octanol–water partition coefficient (Wildman–Crippen LogP) is -1.83. The first kappa shape index (κ1) is 16.2. The standard InChI is InChI=1S/BH3O3.H3N.H3P/c2-1(3)4;;/h2-4H;2*1H3. The Kier molecular flexibility index (Phi) is 24.4. The van der Waals surface area contributed by atoms with E-state index in [1.54, 1.807) is 0 Å². The molecule has 6 heavy (non-hydrogen) atoms. The van der Waals surface area contributed by atoms with Gasteiger partial charge in [0.1, 0.15) is 0 Å². The number of rotatable bonds is 0. The van der Waals surface area contributed by atoms with Gasteiger partial charge in [-0.3, -0.25) is 0 Å². The number of hydrogen-bond donors (Lipinski definition) is 4. The molecule has 4 nitrogen and oxygen atoms in total. The maximum atomic E-state index is 7.17. The van der Waals surface area contributed by atoms with E-state index in [0.717, 1.165) is 0 Å². The van der Waals surface area contributed by atoms with Gasteiger partial charge in [-0.05, 0) is 0 Å². The molecule has 0 bridgehead atoms. The van der Waals surface area contributed by atoms with Crippen molar-refractivity contribution in [1.82, 2.24) is 6.15 Å². The van der Waals surface area contributed by atoms with E-state index in [-0.39, 0.29) is 16.0 Å². The molecule has 0 aromatic heterocycles. The van der Waals surface area contributed by atoms with Crippen molar-refractivity contribution in [1.29, 1.82) is 0 Å². The molecule has 6 heteroatoms. The van der Waals surface area contributed by atoms with Crippen molar-refractivity contribution in [2.45, 2.75) is 0 Å². The van der Waals surface area contributed by atoms with Gasteiger partial charge in [0, 0.05) is 0 Å². The Bertz CT molecular complexity index is 15.5. The molecule has 1 unspecified atom stereocenters. The molecule has 0 rings (SSSR count). The van der Waals surface area contributed by atoms with Crippen LogP contribution in [0.5, 0.6) is 0 Å². The average molecular weight is 113 g/mol. The van der Waals surface area contributed by atoms with Gasteiger partial charge in [-0.2, -0.15) is 9.90 Å². The van der Waals surface area contributed by atoms with Crippen LogP contribution in [0.1, 0.15) is 0 Å². The summed E-state index contributed by atoms with van der Waals surface area (Å²) in [6.45, 7) is 0. The highest BCUT2D eigenvalue weighted by Gasteiger charge is 1.92. The zero-order valence-corrected chi connectivity index (χ0v) is 4.75. The second kappa shape index (κ2) is 9.01. The van der Waals surface area contributed by atoms with Crippen molar-refractivity contribution >= 4 is 17.2 Å². The van der Waals surface area contributed by atoms with Crippen molar-refractivity contribution in [3.63, 3.8) is 0 Å². The van der Waals surface area contributed by atoms with Gasteiger partial charge in [-0.15, -0.1) is 0 Å². The van der Waals surface area contributed by atoms with Crippen molar-refractivity contribution in [3.05, 3.63) is 0 Å². The third-order valence-electron chi connectivity index (χ3n) is 0. The molecule has 0 heterocycles. The Morgan fingerprint density at radius 1 is 1.00 bits per heavy atom. The third kappa shape index (κ3) is 430. The highest BCUT2D eigenvalue weighted by atomic mass is 31.0. The van der Waals surface area contributed by atoms with Crippen molar-refractivity contribution in [2.24, 2.45) is 0 Å². The largest absolute Gasteiger partial charge is 0.631 e. The molecule has 6 N–H and O–H groups in total. The average Bonchev–Trinajstić information content (AvgIpc) is 0.811. The Labute approximate surface area is 39.6 Å². The fraction of sp³-hybridized carbons (Fsp3) is 0. The van der Waals surface area contributed by atoms with Gasteiger partial charge in [-0.25, -0.2) is 0 Å². The van der Waals surface area contributed by atoms with Crippen LogP contribution in [0.15, 0.2) is 0 Å². The summed E-state index contributed by atoms with van der Waals surface area (Å²) in [7, 11) is -2.17. The molecule has 0 aliphatic rings. The quantitative estimate of drug-likeness (QED) is 0.219. The molecular formula is H9BNO3P. The maximum Gasteiger partial charge on any atom is 0.631 e. The second-order valence-corrected chi connectivity index (χ2v) is 0.346. The Hall–Kier alpha value is 0.335. The number of hydrogen-bond acceptors (Lipinski definition) is 4. The summed E-state index contributed by atoms with van der Waals surface area (Å²) in [6, 6.07) is 0. The first-order chi connectivity index (χ1) is 1.73. The third-order valence-corrected chi connectivity index (χ3v) is 0. The monoisotopic (exact) mass is 113 g/mol. The summed E-state index contributed by atoms with van der Waals surface area (Å²) in [4.78, 5) is 0. The van der Waals surface area contributed by atoms with Crippen LogP contribution in [0, 0.1) is 0 Å². The molecule has 40 valence electrons. The molecule has 0 aromatic rings. The van der Waals surface area contributed by atoms with E-state index in [2.05, 4.69) is 0 Å². The fourth-order valence-corrected chi connectivity index (χ4v) is 0. The molecule has 0 saturated heterocycles. The summed E-state index contributed by atoms with van der Waals surface area (Å²) < 4.78 is 0. The Morgan fingerprint density at radius 3 is 1.00 bits per heavy atom. The molecule has 0 amide bonds. The highest BCUT2D eigenvalue weighted by Crippen LogP contribution is 1.40. The Balaban J connectivity index is -0.0000000450. The van der Waals surface area contributed by atoms with E-state index in [1.807, 2.05) is 0 Å². The van der Waals surface area contributed by atoms with E-state index in [9.17, 15) is 0 Å². The molecule has 0 radical (unpaired) electrons. The first-order valence-electron chi connectivity index (χ1n) is 0.775. The summed E-state index contributed by atoms with van der Waals surface area (Å²) in [5, 5.41) is 21.5. The van der Waals surface area contributed by atoms with Crippen LogP contribution >= 0.6 is 9.90 Å². The lowest BCUT2D eigenvalue weighted by Gasteiger charge is -1.69. The van der Waals surface area contributed by atoms with Crippen LogP contribution in [-0.4, -0.2) is 22.4 Å². The summed E-state index contributed by atoms with van der Waals surface area (Å²) in [6.07, 6.45) is 0. The second-order valence-electron chi connectivity index (χ2n) is 0.346. The predicted molar refractivity (Wildman–Crippen MR) is 28.5 cm³/mol. The van der Waals surface area contributed by atoms with E-state index >= 15 is 0 Å². The van der Waals surface area contributed by atoms with E-state index in [0.29, 0.717) is 0 Å². The minimum Gasteiger partial charge on any atom is -0.402 e. The van der Waals surface area contributed by atoms with Crippen LogP contribution < -0.4 is 6.15 Å². The lowest BCUT2D eigenvalue weighted by molar-refractivity contribution is 0.278. The van der Waals surface area contributed by atoms with Gasteiger partial charge in [0.05, 0.1) is 0 Å². The molecule has 1 atom stereocenters. The van der Waals surface area contributed by atoms with E-state index in [1.165, 1.54) is 0 Å². The molecule has 0 spiro atoms. The molecule has 0 aromatic carbocycles. The molecular weight excluding hydrogens is 104 g/mol. The summed E-state index contributed by atoms with van der Waals surface area (Å²) >= 11 is 0. The lowest BCUT2D eigenvalue weighted by Crippen LogP contribution is -2.07. The van der Waals surface area contributed by atoms with Gasteiger partial charge in [0.2, 0.25) is 0 Å². The highest BCUT2D eigenvalue weighted by molar-refractivity contribution is 6.92. The minimum absolute atomic E-state index is 0. The SMILES string of the molecule is N.OB(O)O.P. The normalized spacial score (nSPS) is 4.50. The van der Waals surface area contributed by atoms with Crippen LogP contribution in [0.25, 0.3) is 0 Å². The van der Waals surface area contributed by atoms with Crippen molar-refractivity contribution < 1.29 is 15.1 Å². The van der Waals surface area contributed by atoms with Crippen LogP contribution in [0.4, 0.5) is 0 Å². The first-order valence-corrected chi connectivity index (χ1v) is 0.775. The summed E-state index contributed by atoms with van der Waals surface area (Å²) in [5.74, 6) is 0. The molecule has 0 aliphatic heterocycles. The topological polar surface area (TPSA) is 95.7 Å². The van der Waals surface area contributed by atoms with Crippen LogP contribution in [0.2, 0.25) is 0 Å². The zero-order valence-electron chi connectivity index (χ0n) is 3.33. The van der Waals surface area contributed by atoms with Gasteiger partial charge >= 0.3 is 7.32 Å². The summed E-state index contributed by atoms with van der Waals surface area (Å²) in [5.41, 5.74) is 0. The van der Waals surface area contributed by atoms with Crippen molar-refractivity contribution in [2.75, 3.05) is 0 Å². The van der Waals surface area contributed by atoms with Gasteiger partial charge in [0.15, 0.2) is 0 Å². The van der Waals surface area contributed by atoms with E-state index in [4.69, 9.17) is 15.1 Å². The van der Waals surface area contributed by atoms with Gasteiger partial charge < -0.3 is 21.2 Å². The molecule has 0 aliphatic carbocycles. The smallest absolute Gasteiger partial charge is 0.402 e. The zero-order chi connectivity index (χ0) is 3.58. The van der Waals surface area contributed by atoms with Crippen molar-refractivity contribution in [3.8, 4) is 0 Å². The fourth-order valence-electron chi connectivity index (χ4n) is 0. The minimum atomic E-state index is -2.17. The van der Waals surface area contributed by atoms with E-state index < -0.39 is 7.32 Å². The van der Waals surface area contributed by atoms with Crippen LogP contribution in [0.3, 0.4) is 0 Å². The molecule has 0 saturated carbocycles. The molecule has 0 fully saturated rings. The van der Waals surface area contributed by atoms with Gasteiger partial charge in [-0.1, -0.05) is 0 Å². The Morgan fingerprint density at radius 2 is 1.00 bits per heavy atom. The lowest BCUT2D eigenvalue weighted by atomic mass is 10.3. The van der Waals surface area contributed by atoms with Gasteiger partial charge in [0.25, 0.3) is 0 Å². The van der Waals surface area contributed by atoms with Crippen LogP contribution in [-0.2, 0) is 0 Å². The maximum absolute atomic E-state index is 7.17.